The van der Waals surface area contributed by atoms with Crippen molar-refractivity contribution >= 4 is 23.9 Å². The fourth-order valence-corrected chi connectivity index (χ4v) is 5.84. The summed E-state index contributed by atoms with van der Waals surface area (Å²) in [5, 5.41) is 123. The lowest BCUT2D eigenvalue weighted by molar-refractivity contribution is -0.377. The minimum Gasteiger partial charge on any atom is -0.479 e. The summed E-state index contributed by atoms with van der Waals surface area (Å²) >= 11 is 0. The number of ether oxygens (including phenoxy) is 8. The Bertz CT molecular complexity index is 1230. The summed E-state index contributed by atoms with van der Waals surface area (Å²) in [6, 6.07) is 0. The minimum absolute atomic E-state index is 1.03. The van der Waals surface area contributed by atoms with Crippen LogP contribution < -0.4 is 0 Å². The number of hydrogen-bond donors (Lipinski definition) is 12. The molecule has 12 N–H and O–H groups in total. The smallest absolute Gasteiger partial charge is 0.335 e. The first kappa shape index (κ1) is 40.0. The number of carboxylic acid groups (broad SMARTS) is 4. The highest BCUT2D eigenvalue weighted by molar-refractivity contribution is 5.75. The zero-order valence-electron chi connectivity index (χ0n) is 25.8. The number of aliphatic carboxylic acids is 4. The van der Waals surface area contributed by atoms with E-state index in [-0.39, 0.29) is 0 Å². The Morgan fingerprint density at radius 2 is 0.680 bits per heavy atom. The normalized spacial score (nSPS) is 48.4. The van der Waals surface area contributed by atoms with Gasteiger partial charge in [0.05, 0.1) is 6.10 Å². The van der Waals surface area contributed by atoms with E-state index in [2.05, 4.69) is 0 Å². The van der Waals surface area contributed by atoms with Crippen LogP contribution in [0.5, 0.6) is 0 Å². The van der Waals surface area contributed by atoms with E-state index in [1.54, 1.807) is 0 Å². The van der Waals surface area contributed by atoms with Crippen molar-refractivity contribution < 1.29 is 118 Å². The summed E-state index contributed by atoms with van der Waals surface area (Å²) in [6.45, 7) is 1.23. The Hall–Kier alpha value is -2.76. The van der Waals surface area contributed by atoms with Gasteiger partial charge in [-0.3, -0.25) is 0 Å². The van der Waals surface area contributed by atoms with E-state index in [0.717, 1.165) is 7.11 Å². The van der Waals surface area contributed by atoms with Crippen molar-refractivity contribution in [1.29, 1.82) is 0 Å². The molecule has 0 aromatic heterocycles. The summed E-state index contributed by atoms with van der Waals surface area (Å²) in [7, 11) is 1.03. The molecule has 4 fully saturated rings. The lowest BCUT2D eigenvalue weighted by atomic mass is 9.90. The maximum absolute atomic E-state index is 12.2. The summed E-state index contributed by atoms with van der Waals surface area (Å²) in [4.78, 5) is 47.6. The highest BCUT2D eigenvalue weighted by Crippen LogP contribution is 2.35. The molecule has 12 unspecified atom stereocenters. The average molecular weight is 735 g/mol. The van der Waals surface area contributed by atoms with Crippen LogP contribution in [-0.2, 0) is 57.1 Å². The Labute approximate surface area is 279 Å². The lowest BCUT2D eigenvalue weighted by Gasteiger charge is -2.48. The van der Waals surface area contributed by atoms with Gasteiger partial charge in [-0.2, -0.15) is 0 Å². The van der Waals surface area contributed by atoms with Crippen LogP contribution in [0.25, 0.3) is 0 Å². The van der Waals surface area contributed by atoms with Crippen molar-refractivity contribution in [2.75, 3.05) is 7.11 Å². The predicted molar refractivity (Wildman–Crippen MR) is 144 cm³/mol. The molecule has 286 valence electrons. The molecule has 50 heavy (non-hydrogen) atoms. The van der Waals surface area contributed by atoms with E-state index in [1.807, 2.05) is 0 Å². The lowest BCUT2D eigenvalue weighted by Crippen LogP contribution is -2.68. The summed E-state index contributed by atoms with van der Waals surface area (Å²) in [5.74, 6) is -8.35. The number of rotatable bonds is 11. The molecule has 0 saturated carbocycles. The second-order valence-corrected chi connectivity index (χ2v) is 11.9. The molecule has 0 aromatic rings. The zero-order valence-corrected chi connectivity index (χ0v) is 25.8. The first-order chi connectivity index (χ1) is 23.3. The first-order valence-electron chi connectivity index (χ1n) is 14.8. The molecule has 0 bridgehead atoms. The van der Waals surface area contributed by atoms with Crippen molar-refractivity contribution in [3.8, 4) is 0 Å². The number of aliphatic hydroxyl groups is 8. The van der Waals surface area contributed by atoms with Gasteiger partial charge in [-0.1, -0.05) is 6.92 Å². The van der Waals surface area contributed by atoms with E-state index in [4.69, 9.17) is 37.9 Å². The van der Waals surface area contributed by atoms with Gasteiger partial charge >= 0.3 is 23.9 Å². The van der Waals surface area contributed by atoms with Crippen LogP contribution in [0.4, 0.5) is 0 Å². The van der Waals surface area contributed by atoms with Crippen molar-refractivity contribution in [2.24, 2.45) is 5.92 Å². The molecule has 0 aromatic carbocycles. The minimum atomic E-state index is -2.39. The van der Waals surface area contributed by atoms with E-state index in [1.165, 1.54) is 6.92 Å². The van der Waals surface area contributed by atoms with Gasteiger partial charge < -0.3 is 99.2 Å². The predicted octanol–water partition coefficient (Wildman–Crippen LogP) is -7.45. The standard InChI is InChI=1S/C26H38O24/c1-3-4(27)8(31)24(44-12(3)19(35)36)45-14-6(29)10(33)26(49-17(14)21(39)40)47-15-7(30)11(34)25(50-18(15)22(41)42)46-13-5(28)9(32)23(43-2)48-16(13)20(37)38/h3-18,23-34H,1-2H3,(H,35,36)(H,37,38)(H,39,40)(H,41,42)/t3?,4?,5?,6?,7-,8?,9?,10?,11?,12+,13-,14?,15-,16?,17+,18?,23+,24-,25+,26?/m0/s1. The average Bonchev–Trinajstić information content (AvgIpc) is 3.05. The van der Waals surface area contributed by atoms with E-state index >= 15 is 0 Å². The summed E-state index contributed by atoms with van der Waals surface area (Å²) in [5.41, 5.74) is 0. The van der Waals surface area contributed by atoms with Crippen LogP contribution in [0.3, 0.4) is 0 Å². The topological polar surface area (TPSA) is 385 Å². The number of methoxy groups -OCH3 is 1. The molecule has 0 radical (unpaired) electrons. The van der Waals surface area contributed by atoms with E-state index < -0.39 is 147 Å². The van der Waals surface area contributed by atoms with Crippen LogP contribution in [0.2, 0.25) is 0 Å². The maximum Gasteiger partial charge on any atom is 0.335 e. The fourth-order valence-electron chi connectivity index (χ4n) is 5.84. The Balaban J connectivity index is 1.51. The van der Waals surface area contributed by atoms with Gasteiger partial charge in [-0.15, -0.1) is 0 Å². The molecule has 4 saturated heterocycles. The van der Waals surface area contributed by atoms with Crippen molar-refractivity contribution in [1.82, 2.24) is 0 Å². The molecular formula is C26H38O24. The second-order valence-electron chi connectivity index (χ2n) is 11.9. The quantitative estimate of drug-likeness (QED) is 0.0937. The van der Waals surface area contributed by atoms with E-state index in [9.17, 15) is 80.5 Å². The van der Waals surface area contributed by atoms with Crippen LogP contribution in [0.1, 0.15) is 6.92 Å². The van der Waals surface area contributed by atoms with Gasteiger partial charge in [0, 0.05) is 13.0 Å². The van der Waals surface area contributed by atoms with Crippen molar-refractivity contribution in [2.45, 2.75) is 124 Å². The van der Waals surface area contributed by atoms with Gasteiger partial charge in [0.1, 0.15) is 61.0 Å². The Kier molecular flexibility index (Phi) is 12.7. The third-order valence-corrected chi connectivity index (χ3v) is 8.64. The highest BCUT2D eigenvalue weighted by atomic mass is 16.8. The number of carbonyl (C=O) groups is 4. The number of carboxylic acids is 4. The van der Waals surface area contributed by atoms with Crippen LogP contribution in [0, 0.1) is 5.92 Å². The van der Waals surface area contributed by atoms with Crippen LogP contribution in [0.15, 0.2) is 0 Å². The molecule has 4 aliphatic heterocycles. The monoisotopic (exact) mass is 734 g/mol. The van der Waals surface area contributed by atoms with Gasteiger partial charge in [0.15, 0.2) is 49.6 Å². The van der Waals surface area contributed by atoms with Gasteiger partial charge in [-0.25, -0.2) is 19.2 Å². The summed E-state index contributed by atoms with van der Waals surface area (Å²) < 4.78 is 41.2. The number of aliphatic hydroxyl groups excluding tert-OH is 8. The fraction of sp³-hybridized carbons (Fsp3) is 0.846. The van der Waals surface area contributed by atoms with Gasteiger partial charge in [0.2, 0.25) is 0 Å². The molecule has 20 atom stereocenters. The van der Waals surface area contributed by atoms with Crippen molar-refractivity contribution in [3.05, 3.63) is 0 Å². The maximum atomic E-state index is 12.2. The number of hydrogen-bond acceptors (Lipinski definition) is 20. The third kappa shape index (κ3) is 7.70. The molecule has 0 spiro atoms. The van der Waals surface area contributed by atoms with Crippen LogP contribution in [-0.4, -0.2) is 209 Å². The Morgan fingerprint density at radius 3 is 0.980 bits per heavy atom. The molecule has 4 rings (SSSR count). The largest absolute Gasteiger partial charge is 0.479 e. The highest BCUT2D eigenvalue weighted by Gasteiger charge is 2.58. The zero-order chi connectivity index (χ0) is 37.5. The third-order valence-electron chi connectivity index (χ3n) is 8.64. The van der Waals surface area contributed by atoms with Gasteiger partial charge in [0.25, 0.3) is 0 Å². The summed E-state index contributed by atoms with van der Waals surface area (Å²) in [6.07, 6.45) is -40.5. The van der Waals surface area contributed by atoms with Crippen molar-refractivity contribution in [3.63, 3.8) is 0 Å². The molecular weight excluding hydrogens is 696 g/mol. The molecule has 24 nitrogen and oxygen atoms in total. The Morgan fingerprint density at radius 1 is 0.420 bits per heavy atom. The molecule has 0 amide bonds. The second kappa shape index (κ2) is 15.9. The van der Waals surface area contributed by atoms with Gasteiger partial charge in [-0.05, 0) is 0 Å². The first-order valence-corrected chi connectivity index (χ1v) is 14.8. The van der Waals surface area contributed by atoms with Crippen LogP contribution >= 0.6 is 0 Å². The molecule has 0 aliphatic carbocycles. The molecule has 4 aliphatic rings. The molecule has 4 heterocycles. The van der Waals surface area contributed by atoms with E-state index in [0.29, 0.717) is 0 Å². The molecule has 24 heteroatoms. The SMILES string of the molecule is CO[C@@H]1OC(C(=O)O)[C@@H](O[C@@H]2OC(C(=O)O)[C@@H](OC3O[C@@H](C(=O)O)C(O[C@@H]4O[C@@H](C(=O)O)C(C)C(O)C4O)C(O)C3O)[C@@H](O)C2O)C(O)C1O.